The Morgan fingerprint density at radius 2 is 1.88 bits per heavy atom. The van der Waals surface area contributed by atoms with E-state index in [4.69, 9.17) is 4.98 Å². The topological polar surface area (TPSA) is 83.6 Å². The van der Waals surface area contributed by atoms with E-state index < -0.39 is 0 Å². The molecule has 2 fully saturated rings. The van der Waals surface area contributed by atoms with E-state index in [9.17, 15) is 9.18 Å². The number of imidazole rings is 1. The van der Waals surface area contributed by atoms with Crippen molar-refractivity contribution in [1.29, 1.82) is 0 Å². The normalized spacial score (nSPS) is 21.6. The van der Waals surface area contributed by atoms with Crippen molar-refractivity contribution in [2.24, 2.45) is 5.92 Å². The van der Waals surface area contributed by atoms with E-state index in [2.05, 4.69) is 33.3 Å². The van der Waals surface area contributed by atoms with E-state index in [0.29, 0.717) is 23.6 Å². The lowest BCUT2D eigenvalue weighted by Gasteiger charge is -2.32. The minimum Gasteiger partial charge on any atom is -0.348 e. The van der Waals surface area contributed by atoms with Crippen LogP contribution in [0, 0.1) is 11.7 Å². The van der Waals surface area contributed by atoms with Gasteiger partial charge in [0.15, 0.2) is 0 Å². The van der Waals surface area contributed by atoms with Crippen molar-refractivity contribution in [2.75, 3.05) is 0 Å². The predicted molar refractivity (Wildman–Crippen MR) is 129 cm³/mol. The number of aromatic amines is 1. The van der Waals surface area contributed by atoms with Crippen molar-refractivity contribution in [3.63, 3.8) is 0 Å². The summed E-state index contributed by atoms with van der Waals surface area (Å²) in [6, 6.07) is 9.03. The van der Waals surface area contributed by atoms with Gasteiger partial charge in [0.25, 0.3) is 5.91 Å². The van der Waals surface area contributed by atoms with E-state index in [1.54, 1.807) is 24.4 Å². The van der Waals surface area contributed by atoms with Crippen LogP contribution in [0.1, 0.15) is 79.2 Å². The minimum absolute atomic E-state index is 0.115. The average Bonchev–Trinajstić information content (AvgIpc) is 3.57. The number of benzene rings is 1. The Bertz CT molecular complexity index is 1370. The number of pyridine rings is 2. The quantitative estimate of drug-likeness (QED) is 0.408. The summed E-state index contributed by atoms with van der Waals surface area (Å²) in [5.74, 6) is 1.85. The van der Waals surface area contributed by atoms with Gasteiger partial charge in [-0.1, -0.05) is 6.92 Å². The van der Waals surface area contributed by atoms with Crippen LogP contribution in [-0.4, -0.2) is 31.9 Å². The number of hydrogen-bond acceptors (Lipinski definition) is 4. The fraction of sp³-hybridized carbons (Fsp3) is 0.407. The van der Waals surface area contributed by atoms with Gasteiger partial charge in [-0.15, -0.1) is 0 Å². The summed E-state index contributed by atoms with van der Waals surface area (Å²) < 4.78 is 13.9. The maximum atomic E-state index is 13.9. The Morgan fingerprint density at radius 3 is 2.68 bits per heavy atom. The fourth-order valence-electron chi connectivity index (χ4n) is 5.41. The summed E-state index contributed by atoms with van der Waals surface area (Å²) in [4.78, 5) is 29.3. The van der Waals surface area contributed by atoms with Crippen LogP contribution >= 0.6 is 0 Å². The largest absolute Gasteiger partial charge is 0.348 e. The SMILES string of the molecule is C[C@H](c1nc2cnc(C(=O)NC3CC3)cc2[nH]1)[C@H]1CC[C@@H](c2ccnc3ccc(F)cc32)CC1. The van der Waals surface area contributed by atoms with Crippen molar-refractivity contribution in [1.82, 2.24) is 25.3 Å². The summed E-state index contributed by atoms with van der Waals surface area (Å²) in [5.41, 5.74) is 4.15. The summed E-state index contributed by atoms with van der Waals surface area (Å²) in [6.45, 7) is 2.23. The van der Waals surface area contributed by atoms with Gasteiger partial charge in [0.1, 0.15) is 22.9 Å². The molecule has 0 aliphatic heterocycles. The third-order valence-corrected chi connectivity index (χ3v) is 7.62. The first kappa shape index (κ1) is 21.2. The molecule has 1 aromatic carbocycles. The molecule has 6 nitrogen and oxygen atoms in total. The Labute approximate surface area is 197 Å². The molecule has 3 aromatic heterocycles. The monoisotopic (exact) mass is 457 g/mol. The molecular weight excluding hydrogens is 429 g/mol. The van der Waals surface area contributed by atoms with Gasteiger partial charge < -0.3 is 10.3 Å². The van der Waals surface area contributed by atoms with Gasteiger partial charge in [0.05, 0.1) is 17.2 Å². The second-order valence-corrected chi connectivity index (χ2v) is 9.92. The number of halogens is 1. The van der Waals surface area contributed by atoms with Crippen LogP contribution in [0.2, 0.25) is 0 Å². The van der Waals surface area contributed by atoms with Crippen LogP contribution in [0.25, 0.3) is 21.9 Å². The molecule has 7 heteroatoms. The van der Waals surface area contributed by atoms with Crippen LogP contribution in [-0.2, 0) is 0 Å². The maximum Gasteiger partial charge on any atom is 0.270 e. The molecule has 2 aliphatic rings. The Morgan fingerprint density at radius 1 is 1.06 bits per heavy atom. The molecule has 6 rings (SSSR count). The lowest BCUT2D eigenvalue weighted by atomic mass is 9.73. The number of amides is 1. The molecule has 0 radical (unpaired) electrons. The van der Waals surface area contributed by atoms with Gasteiger partial charge in [0.2, 0.25) is 0 Å². The molecule has 0 saturated heterocycles. The number of carbonyl (C=O) groups is 1. The molecule has 2 aliphatic carbocycles. The fourth-order valence-corrected chi connectivity index (χ4v) is 5.41. The lowest BCUT2D eigenvalue weighted by molar-refractivity contribution is 0.0946. The van der Waals surface area contributed by atoms with Crippen molar-refractivity contribution in [3.05, 3.63) is 65.6 Å². The molecule has 174 valence electrons. The third kappa shape index (κ3) is 4.04. The number of carbonyl (C=O) groups excluding carboxylic acids is 1. The van der Waals surface area contributed by atoms with E-state index >= 15 is 0 Å². The van der Waals surface area contributed by atoms with Crippen LogP contribution in [0.4, 0.5) is 4.39 Å². The Hall–Kier alpha value is -3.35. The molecule has 2 N–H and O–H groups in total. The van der Waals surface area contributed by atoms with Gasteiger partial charge in [-0.2, -0.15) is 0 Å². The van der Waals surface area contributed by atoms with E-state index in [1.807, 2.05) is 6.20 Å². The maximum absolute atomic E-state index is 13.9. The molecule has 4 aromatic rings. The first-order valence-corrected chi connectivity index (χ1v) is 12.3. The van der Waals surface area contributed by atoms with Crippen molar-refractivity contribution < 1.29 is 9.18 Å². The second-order valence-electron chi connectivity index (χ2n) is 9.92. The number of H-pyrrole nitrogens is 1. The summed E-state index contributed by atoms with van der Waals surface area (Å²) >= 11 is 0. The first-order valence-electron chi connectivity index (χ1n) is 12.3. The van der Waals surface area contributed by atoms with Gasteiger partial charge in [-0.3, -0.25) is 9.78 Å². The van der Waals surface area contributed by atoms with Crippen LogP contribution in [0.15, 0.2) is 42.7 Å². The van der Waals surface area contributed by atoms with Crippen LogP contribution in [0.5, 0.6) is 0 Å². The third-order valence-electron chi connectivity index (χ3n) is 7.62. The van der Waals surface area contributed by atoms with Gasteiger partial charge in [-0.05, 0) is 86.3 Å². The number of nitrogens with zero attached hydrogens (tertiary/aromatic N) is 3. The molecule has 0 spiro atoms. The molecule has 1 atom stereocenters. The lowest BCUT2D eigenvalue weighted by Crippen LogP contribution is -2.26. The Kier molecular flexibility index (Phi) is 5.27. The van der Waals surface area contributed by atoms with Crippen molar-refractivity contribution in [3.8, 4) is 0 Å². The van der Waals surface area contributed by atoms with Gasteiger partial charge in [-0.25, -0.2) is 14.4 Å². The first-order chi connectivity index (χ1) is 16.5. The zero-order valence-electron chi connectivity index (χ0n) is 19.2. The molecule has 1 amide bonds. The highest BCUT2D eigenvalue weighted by atomic mass is 19.1. The second kappa shape index (κ2) is 8.46. The van der Waals surface area contributed by atoms with Crippen LogP contribution in [0.3, 0.4) is 0 Å². The standard InChI is InChI=1S/C27H28FN5O/c1-15(26-32-23-13-24(30-14-25(23)33-26)27(34)31-19-7-8-19)16-2-4-17(5-3-16)20-10-11-29-22-9-6-18(28)12-21(20)22/h6,9-17,19H,2-5,7-8H2,1H3,(H,31,34)(H,32,33)/t15-,16-,17+/m0/s1. The molecular formula is C27H28FN5O. The Balaban J connectivity index is 1.16. The van der Waals surface area contributed by atoms with Crippen LogP contribution < -0.4 is 5.32 Å². The minimum atomic E-state index is -0.211. The molecule has 34 heavy (non-hydrogen) atoms. The average molecular weight is 458 g/mol. The van der Waals surface area contributed by atoms with Crippen molar-refractivity contribution >= 4 is 27.8 Å². The highest BCUT2D eigenvalue weighted by molar-refractivity contribution is 5.95. The summed E-state index contributed by atoms with van der Waals surface area (Å²) in [7, 11) is 0. The van der Waals surface area contributed by atoms with E-state index in [1.165, 1.54) is 11.6 Å². The summed E-state index contributed by atoms with van der Waals surface area (Å²) in [6.07, 6.45) is 9.95. The molecule has 0 bridgehead atoms. The number of fused-ring (bicyclic) bond motifs is 2. The zero-order chi connectivity index (χ0) is 23.2. The van der Waals surface area contributed by atoms with Crippen molar-refractivity contribution in [2.45, 2.75) is 63.3 Å². The number of aromatic nitrogens is 4. The molecule has 3 heterocycles. The molecule has 0 unspecified atom stereocenters. The number of nitrogens with one attached hydrogen (secondary N) is 2. The number of rotatable bonds is 5. The van der Waals surface area contributed by atoms with Gasteiger partial charge >= 0.3 is 0 Å². The number of hydrogen-bond donors (Lipinski definition) is 2. The van der Waals surface area contributed by atoms with E-state index in [-0.39, 0.29) is 17.6 Å². The van der Waals surface area contributed by atoms with E-state index in [0.717, 1.165) is 66.3 Å². The summed E-state index contributed by atoms with van der Waals surface area (Å²) in [5, 5.41) is 3.92. The highest BCUT2D eigenvalue weighted by Crippen LogP contribution is 2.43. The van der Waals surface area contributed by atoms with Gasteiger partial charge in [0, 0.05) is 23.5 Å². The smallest absolute Gasteiger partial charge is 0.270 e. The predicted octanol–water partition coefficient (Wildman–Crippen LogP) is 5.61. The molecule has 2 saturated carbocycles. The zero-order valence-corrected chi connectivity index (χ0v) is 19.2. The highest BCUT2D eigenvalue weighted by Gasteiger charge is 2.29.